The van der Waals surface area contributed by atoms with Gasteiger partial charge in [-0.15, -0.1) is 0 Å². The number of rotatable bonds is 1. The van der Waals surface area contributed by atoms with Gasteiger partial charge in [0.05, 0.1) is 5.92 Å². The maximum atomic E-state index is 10.8. The smallest absolute Gasteiger partial charge is 0.307 e. The zero-order chi connectivity index (χ0) is 10.9. The van der Waals surface area contributed by atoms with Crippen LogP contribution in [0, 0.1) is 11.3 Å². The summed E-state index contributed by atoms with van der Waals surface area (Å²) in [6.45, 7) is 7.34. The second-order valence-corrected chi connectivity index (χ2v) is 5.43. The van der Waals surface area contributed by atoms with Gasteiger partial charge in [0.2, 0.25) is 0 Å². The molecule has 0 spiro atoms. The molecule has 2 unspecified atom stereocenters. The molecule has 0 aliphatic carbocycles. The zero-order valence-corrected chi connectivity index (χ0v) is 9.58. The van der Waals surface area contributed by atoms with E-state index in [1.807, 2.05) is 7.05 Å². The number of carbonyl (C=O) groups is 1. The summed E-state index contributed by atoms with van der Waals surface area (Å²) in [6, 6.07) is 0.512. The van der Waals surface area contributed by atoms with Crippen molar-refractivity contribution in [1.82, 2.24) is 4.90 Å². The molecule has 1 aliphatic rings. The lowest BCUT2D eigenvalue weighted by Crippen LogP contribution is -2.49. The maximum absolute atomic E-state index is 10.8. The maximum Gasteiger partial charge on any atom is 0.307 e. The highest BCUT2D eigenvalue weighted by atomic mass is 16.4. The molecule has 0 amide bonds. The van der Waals surface area contributed by atoms with E-state index in [1.165, 1.54) is 0 Å². The minimum atomic E-state index is -0.649. The largest absolute Gasteiger partial charge is 0.481 e. The number of nitrogens with zero attached hydrogens (tertiary/aromatic N) is 1. The summed E-state index contributed by atoms with van der Waals surface area (Å²) in [4.78, 5) is 13.0. The Hall–Kier alpha value is -0.570. The fraction of sp³-hybridized carbons (Fsp3) is 0.909. The number of hydrogen-bond acceptors (Lipinski definition) is 2. The minimum Gasteiger partial charge on any atom is -0.481 e. The van der Waals surface area contributed by atoms with Gasteiger partial charge in [0.1, 0.15) is 0 Å². The van der Waals surface area contributed by atoms with E-state index in [-0.39, 0.29) is 11.3 Å². The number of aliphatic carboxylic acids is 1. The first-order valence-electron chi connectivity index (χ1n) is 5.25. The van der Waals surface area contributed by atoms with Crippen molar-refractivity contribution in [2.24, 2.45) is 11.3 Å². The lowest BCUT2D eigenvalue weighted by atomic mass is 9.78. The van der Waals surface area contributed by atoms with Crippen molar-refractivity contribution < 1.29 is 9.90 Å². The van der Waals surface area contributed by atoms with E-state index in [1.54, 1.807) is 0 Å². The zero-order valence-electron chi connectivity index (χ0n) is 9.58. The summed E-state index contributed by atoms with van der Waals surface area (Å²) >= 11 is 0. The molecule has 1 fully saturated rings. The minimum absolute atomic E-state index is 0.168. The highest BCUT2D eigenvalue weighted by molar-refractivity contribution is 5.70. The molecule has 0 aromatic rings. The van der Waals surface area contributed by atoms with E-state index in [9.17, 15) is 4.79 Å². The predicted octanol–water partition coefficient (Wildman–Crippen LogP) is 1.83. The average Bonchev–Trinajstić information content (AvgIpc) is 2.01. The SMILES string of the molecule is CN1CC(C(=O)O)CCC1C(C)(C)C. The van der Waals surface area contributed by atoms with Crippen LogP contribution in [0.25, 0.3) is 0 Å². The molecule has 0 saturated carbocycles. The Balaban J connectivity index is 2.61. The molecular formula is C11H21NO2. The second-order valence-electron chi connectivity index (χ2n) is 5.43. The summed E-state index contributed by atoms with van der Waals surface area (Å²) in [7, 11) is 2.03. The highest BCUT2D eigenvalue weighted by Gasteiger charge is 2.35. The van der Waals surface area contributed by atoms with E-state index in [2.05, 4.69) is 25.7 Å². The number of carboxylic acid groups (broad SMARTS) is 1. The van der Waals surface area contributed by atoms with Gasteiger partial charge in [-0.1, -0.05) is 20.8 Å². The first-order chi connectivity index (χ1) is 6.32. The van der Waals surface area contributed by atoms with Gasteiger partial charge in [0.25, 0.3) is 0 Å². The molecule has 0 aromatic carbocycles. The Bertz CT molecular complexity index is 220. The third-order valence-electron chi connectivity index (χ3n) is 3.18. The van der Waals surface area contributed by atoms with Crippen LogP contribution in [0.15, 0.2) is 0 Å². The summed E-state index contributed by atoms with van der Waals surface area (Å²) < 4.78 is 0. The van der Waals surface area contributed by atoms with Crippen LogP contribution < -0.4 is 0 Å². The molecule has 82 valence electrons. The summed E-state index contributed by atoms with van der Waals surface area (Å²) in [5.41, 5.74) is 0.248. The molecule has 1 heterocycles. The van der Waals surface area contributed by atoms with E-state index in [0.29, 0.717) is 12.6 Å². The van der Waals surface area contributed by atoms with Crippen molar-refractivity contribution in [3.63, 3.8) is 0 Å². The third kappa shape index (κ3) is 2.47. The number of likely N-dealkylation sites (tertiary alicyclic amines) is 1. The summed E-state index contributed by atoms with van der Waals surface area (Å²) in [6.07, 6.45) is 1.82. The topological polar surface area (TPSA) is 40.5 Å². The standard InChI is InChI=1S/C11H21NO2/c1-11(2,3)9-6-5-8(10(13)14)7-12(9)4/h8-9H,5-7H2,1-4H3,(H,13,14). The molecule has 3 heteroatoms. The van der Waals surface area contributed by atoms with Crippen LogP contribution in [0.1, 0.15) is 33.6 Å². The highest BCUT2D eigenvalue weighted by Crippen LogP contribution is 2.32. The molecule has 3 nitrogen and oxygen atoms in total. The molecule has 2 atom stereocenters. The van der Waals surface area contributed by atoms with Gasteiger partial charge in [0.15, 0.2) is 0 Å². The van der Waals surface area contributed by atoms with E-state index in [0.717, 1.165) is 12.8 Å². The monoisotopic (exact) mass is 199 g/mol. The van der Waals surface area contributed by atoms with Crippen LogP contribution in [0.4, 0.5) is 0 Å². The van der Waals surface area contributed by atoms with Crippen LogP contribution in [0.5, 0.6) is 0 Å². The first kappa shape index (κ1) is 11.5. The Labute approximate surface area is 86.1 Å². The Morgan fingerprint density at radius 1 is 1.36 bits per heavy atom. The molecule has 1 saturated heterocycles. The molecule has 14 heavy (non-hydrogen) atoms. The van der Waals surface area contributed by atoms with Gasteiger partial charge in [-0.3, -0.25) is 4.79 Å². The lowest BCUT2D eigenvalue weighted by molar-refractivity contribution is -0.144. The fourth-order valence-corrected chi connectivity index (χ4v) is 2.44. The lowest BCUT2D eigenvalue weighted by Gasteiger charge is -2.43. The van der Waals surface area contributed by atoms with Crippen molar-refractivity contribution >= 4 is 5.97 Å². The predicted molar refractivity (Wildman–Crippen MR) is 56.2 cm³/mol. The van der Waals surface area contributed by atoms with Crippen molar-refractivity contribution in [2.75, 3.05) is 13.6 Å². The second kappa shape index (κ2) is 3.89. The molecule has 1 aliphatic heterocycles. The molecule has 0 aromatic heterocycles. The normalized spacial score (nSPS) is 30.3. The average molecular weight is 199 g/mol. The van der Waals surface area contributed by atoms with Crippen LogP contribution in [0.2, 0.25) is 0 Å². The molecule has 1 N–H and O–H groups in total. The van der Waals surface area contributed by atoms with Crippen molar-refractivity contribution in [2.45, 2.75) is 39.7 Å². The van der Waals surface area contributed by atoms with Crippen molar-refractivity contribution in [1.29, 1.82) is 0 Å². The van der Waals surface area contributed by atoms with E-state index >= 15 is 0 Å². The first-order valence-corrected chi connectivity index (χ1v) is 5.25. The summed E-state index contributed by atoms with van der Waals surface area (Å²) in [5, 5.41) is 8.92. The third-order valence-corrected chi connectivity index (χ3v) is 3.18. The van der Waals surface area contributed by atoms with E-state index in [4.69, 9.17) is 5.11 Å². The number of carboxylic acids is 1. The van der Waals surface area contributed by atoms with Crippen molar-refractivity contribution in [3.8, 4) is 0 Å². The van der Waals surface area contributed by atoms with Crippen molar-refractivity contribution in [3.05, 3.63) is 0 Å². The molecular weight excluding hydrogens is 178 g/mol. The van der Waals surface area contributed by atoms with Gasteiger partial charge < -0.3 is 10.0 Å². The number of hydrogen-bond donors (Lipinski definition) is 1. The van der Waals surface area contributed by atoms with E-state index < -0.39 is 5.97 Å². The Morgan fingerprint density at radius 3 is 2.29 bits per heavy atom. The van der Waals surface area contributed by atoms with Gasteiger partial charge in [-0.25, -0.2) is 0 Å². The van der Waals surface area contributed by atoms with Gasteiger partial charge >= 0.3 is 5.97 Å². The van der Waals surface area contributed by atoms with Gasteiger partial charge in [0, 0.05) is 12.6 Å². The molecule has 0 radical (unpaired) electrons. The summed E-state index contributed by atoms with van der Waals surface area (Å²) in [5.74, 6) is -0.817. The van der Waals surface area contributed by atoms with Crippen LogP contribution in [0.3, 0.4) is 0 Å². The van der Waals surface area contributed by atoms with Crippen LogP contribution >= 0.6 is 0 Å². The fourth-order valence-electron chi connectivity index (χ4n) is 2.44. The molecule has 0 bridgehead atoms. The Kier molecular flexibility index (Phi) is 3.20. The molecule has 1 rings (SSSR count). The van der Waals surface area contributed by atoms with Crippen LogP contribution in [-0.4, -0.2) is 35.6 Å². The van der Waals surface area contributed by atoms with Crippen LogP contribution in [-0.2, 0) is 4.79 Å². The van der Waals surface area contributed by atoms with Gasteiger partial charge in [-0.2, -0.15) is 0 Å². The quantitative estimate of drug-likeness (QED) is 0.700. The Morgan fingerprint density at radius 2 is 1.93 bits per heavy atom. The number of piperidine rings is 1. The van der Waals surface area contributed by atoms with Gasteiger partial charge in [-0.05, 0) is 25.3 Å².